The molecular formula is C9H14ClN3O. The van der Waals surface area contributed by atoms with E-state index in [4.69, 9.17) is 16.3 Å². The standard InChI is InChI=1S/C9H14ClN3O/c1-12-7-8(6-9(10)11-12)13-2-4-14-5-3-13/h6-7,11H,2-5H2,1H3. The maximum Gasteiger partial charge on any atom is 0.123 e. The second-order valence-electron chi connectivity index (χ2n) is 3.37. The largest absolute Gasteiger partial charge is 0.378 e. The quantitative estimate of drug-likeness (QED) is 0.652. The van der Waals surface area contributed by atoms with Crippen LogP contribution < -0.4 is 5.43 Å². The van der Waals surface area contributed by atoms with E-state index >= 15 is 0 Å². The zero-order valence-corrected chi connectivity index (χ0v) is 8.92. The van der Waals surface area contributed by atoms with Crippen LogP contribution in [0.4, 0.5) is 0 Å². The van der Waals surface area contributed by atoms with Crippen molar-refractivity contribution in [1.82, 2.24) is 15.3 Å². The molecule has 2 aliphatic heterocycles. The maximum absolute atomic E-state index is 5.94. The summed E-state index contributed by atoms with van der Waals surface area (Å²) < 4.78 is 5.29. The number of morpholine rings is 1. The molecule has 0 spiro atoms. The van der Waals surface area contributed by atoms with Crippen molar-refractivity contribution < 1.29 is 4.74 Å². The minimum atomic E-state index is 0.650. The van der Waals surface area contributed by atoms with Gasteiger partial charge in [-0.2, -0.15) is 0 Å². The number of hydrogen-bond donors (Lipinski definition) is 1. The van der Waals surface area contributed by atoms with Crippen LogP contribution >= 0.6 is 11.6 Å². The van der Waals surface area contributed by atoms with Crippen LogP contribution in [0.5, 0.6) is 0 Å². The van der Waals surface area contributed by atoms with E-state index in [1.165, 1.54) is 0 Å². The lowest BCUT2D eigenvalue weighted by atomic mass is 10.3. The Morgan fingerprint density at radius 2 is 2.14 bits per heavy atom. The highest BCUT2D eigenvalue weighted by Gasteiger charge is 2.15. The molecule has 0 aliphatic carbocycles. The van der Waals surface area contributed by atoms with E-state index < -0.39 is 0 Å². The van der Waals surface area contributed by atoms with Gasteiger partial charge in [-0.3, -0.25) is 10.4 Å². The monoisotopic (exact) mass is 215 g/mol. The van der Waals surface area contributed by atoms with Crippen LogP contribution in [-0.2, 0) is 4.74 Å². The fourth-order valence-corrected chi connectivity index (χ4v) is 1.84. The SMILES string of the molecule is CN1C=C(N2CCOCC2)C=C(Cl)N1. The summed E-state index contributed by atoms with van der Waals surface area (Å²) in [5, 5.41) is 2.50. The number of hydrazine groups is 1. The molecule has 2 aliphatic rings. The third kappa shape index (κ3) is 2.13. The fourth-order valence-electron chi connectivity index (χ4n) is 1.59. The summed E-state index contributed by atoms with van der Waals surface area (Å²) in [5.41, 5.74) is 4.11. The van der Waals surface area contributed by atoms with Gasteiger partial charge in [-0.1, -0.05) is 11.6 Å². The van der Waals surface area contributed by atoms with Crippen molar-refractivity contribution in [2.45, 2.75) is 0 Å². The lowest BCUT2D eigenvalue weighted by molar-refractivity contribution is 0.0540. The van der Waals surface area contributed by atoms with Crippen molar-refractivity contribution in [3.8, 4) is 0 Å². The first-order valence-electron chi connectivity index (χ1n) is 4.67. The van der Waals surface area contributed by atoms with E-state index in [1.807, 2.05) is 24.3 Å². The number of nitrogens with zero attached hydrogens (tertiary/aromatic N) is 2. The number of halogens is 1. The Morgan fingerprint density at radius 1 is 1.43 bits per heavy atom. The second kappa shape index (κ2) is 4.11. The summed E-state index contributed by atoms with van der Waals surface area (Å²) in [4.78, 5) is 2.27. The van der Waals surface area contributed by atoms with Crippen molar-refractivity contribution in [3.05, 3.63) is 23.1 Å². The summed E-state index contributed by atoms with van der Waals surface area (Å²) in [7, 11) is 1.93. The summed E-state index contributed by atoms with van der Waals surface area (Å²) in [6.45, 7) is 3.45. The number of hydrogen-bond acceptors (Lipinski definition) is 4. The lowest BCUT2D eigenvalue weighted by Crippen LogP contribution is -2.39. The molecule has 2 rings (SSSR count). The maximum atomic E-state index is 5.94. The van der Waals surface area contributed by atoms with Gasteiger partial charge in [0.1, 0.15) is 5.16 Å². The molecule has 0 aromatic rings. The molecule has 4 nitrogen and oxygen atoms in total. The fraction of sp³-hybridized carbons (Fsp3) is 0.556. The van der Waals surface area contributed by atoms with Gasteiger partial charge in [0.05, 0.1) is 18.9 Å². The molecule has 0 atom stereocenters. The smallest absolute Gasteiger partial charge is 0.123 e. The third-order valence-electron chi connectivity index (χ3n) is 2.26. The van der Waals surface area contributed by atoms with Crippen LogP contribution in [-0.4, -0.2) is 43.3 Å². The number of nitrogens with one attached hydrogen (secondary N) is 1. The van der Waals surface area contributed by atoms with Gasteiger partial charge in [0.2, 0.25) is 0 Å². The Balaban J connectivity index is 2.08. The Labute approximate surface area is 88.7 Å². The molecule has 0 saturated carbocycles. The van der Waals surface area contributed by atoms with Crippen molar-refractivity contribution in [2.24, 2.45) is 0 Å². The van der Waals surface area contributed by atoms with E-state index in [0.29, 0.717) is 5.16 Å². The van der Waals surface area contributed by atoms with Crippen LogP contribution in [0.15, 0.2) is 23.1 Å². The molecule has 2 heterocycles. The molecule has 0 unspecified atom stereocenters. The number of allylic oxidation sites excluding steroid dienone is 1. The Kier molecular flexibility index (Phi) is 2.84. The highest BCUT2D eigenvalue weighted by Crippen LogP contribution is 2.16. The minimum Gasteiger partial charge on any atom is -0.378 e. The van der Waals surface area contributed by atoms with Gasteiger partial charge in [-0.05, 0) is 6.08 Å². The topological polar surface area (TPSA) is 27.7 Å². The van der Waals surface area contributed by atoms with E-state index in [1.54, 1.807) is 0 Å². The second-order valence-corrected chi connectivity index (χ2v) is 3.78. The van der Waals surface area contributed by atoms with Crippen LogP contribution in [0.3, 0.4) is 0 Å². The van der Waals surface area contributed by atoms with Gasteiger partial charge in [-0.15, -0.1) is 0 Å². The first kappa shape index (κ1) is 9.68. The van der Waals surface area contributed by atoms with Gasteiger partial charge < -0.3 is 9.64 Å². The van der Waals surface area contributed by atoms with E-state index in [2.05, 4.69) is 10.3 Å². The predicted molar refractivity (Wildman–Crippen MR) is 55.3 cm³/mol. The summed E-state index contributed by atoms with van der Waals surface area (Å²) >= 11 is 5.94. The molecule has 0 amide bonds. The van der Waals surface area contributed by atoms with Gasteiger partial charge in [-0.25, -0.2) is 0 Å². The number of ether oxygens (including phenoxy) is 1. The van der Waals surface area contributed by atoms with Crippen LogP contribution in [0.2, 0.25) is 0 Å². The third-order valence-corrected chi connectivity index (χ3v) is 2.45. The van der Waals surface area contributed by atoms with Gasteiger partial charge >= 0.3 is 0 Å². The molecule has 0 aromatic carbocycles. The zero-order valence-electron chi connectivity index (χ0n) is 8.16. The normalized spacial score (nSPS) is 22.7. The average molecular weight is 216 g/mol. The molecule has 1 saturated heterocycles. The molecule has 0 bridgehead atoms. The first-order chi connectivity index (χ1) is 6.75. The van der Waals surface area contributed by atoms with Gasteiger partial charge in [0.25, 0.3) is 0 Å². The first-order valence-corrected chi connectivity index (χ1v) is 5.05. The Hall–Kier alpha value is -0.870. The molecule has 5 heteroatoms. The zero-order chi connectivity index (χ0) is 9.97. The minimum absolute atomic E-state index is 0.650. The summed E-state index contributed by atoms with van der Waals surface area (Å²) in [6, 6.07) is 0. The highest BCUT2D eigenvalue weighted by molar-refractivity contribution is 6.29. The average Bonchev–Trinajstić information content (AvgIpc) is 2.18. The van der Waals surface area contributed by atoms with Crippen molar-refractivity contribution in [2.75, 3.05) is 33.4 Å². The van der Waals surface area contributed by atoms with Crippen LogP contribution in [0, 0.1) is 0 Å². The van der Waals surface area contributed by atoms with Crippen LogP contribution in [0.1, 0.15) is 0 Å². The highest BCUT2D eigenvalue weighted by atomic mass is 35.5. The van der Waals surface area contributed by atoms with E-state index in [0.717, 1.165) is 32.0 Å². The molecule has 1 N–H and O–H groups in total. The van der Waals surface area contributed by atoms with Gasteiger partial charge in [0.15, 0.2) is 0 Å². The predicted octanol–water partition coefficient (Wildman–Crippen LogP) is 0.690. The van der Waals surface area contributed by atoms with Crippen LogP contribution in [0.25, 0.3) is 0 Å². The molecule has 0 radical (unpaired) electrons. The number of rotatable bonds is 1. The van der Waals surface area contributed by atoms with E-state index in [9.17, 15) is 0 Å². The van der Waals surface area contributed by atoms with Crippen molar-refractivity contribution >= 4 is 11.6 Å². The van der Waals surface area contributed by atoms with Crippen molar-refractivity contribution in [1.29, 1.82) is 0 Å². The summed E-state index contributed by atoms with van der Waals surface area (Å²) in [6.07, 6.45) is 3.96. The Bertz CT molecular complexity index is 271. The molecule has 0 aromatic heterocycles. The molecule has 78 valence electrons. The summed E-state index contributed by atoms with van der Waals surface area (Å²) in [5.74, 6) is 0. The van der Waals surface area contributed by atoms with Gasteiger partial charge in [0, 0.05) is 26.3 Å². The van der Waals surface area contributed by atoms with E-state index in [-0.39, 0.29) is 0 Å². The molecule has 1 fully saturated rings. The molecule has 14 heavy (non-hydrogen) atoms. The molecular weight excluding hydrogens is 202 g/mol. The lowest BCUT2D eigenvalue weighted by Gasteiger charge is -2.33. The van der Waals surface area contributed by atoms with Crippen molar-refractivity contribution in [3.63, 3.8) is 0 Å². The Morgan fingerprint density at radius 3 is 2.79 bits per heavy atom.